The van der Waals surface area contributed by atoms with Gasteiger partial charge < -0.3 is 11.1 Å². The summed E-state index contributed by atoms with van der Waals surface area (Å²) in [5, 5.41) is 4.16. The van der Waals surface area contributed by atoms with Gasteiger partial charge in [0.05, 0.1) is 6.04 Å². The number of carbonyl (C=O) groups excluding carboxylic acids is 1. The van der Waals surface area contributed by atoms with E-state index in [1.54, 1.807) is 0 Å². The molecule has 1 amide bonds. The lowest BCUT2D eigenvalue weighted by Gasteiger charge is -2.13. The molecule has 102 valence electrons. The fraction of sp³-hybridized carbons (Fsp3) is 0.500. The summed E-state index contributed by atoms with van der Waals surface area (Å²) in [5.41, 5.74) is 5.86. The number of amides is 1. The van der Waals surface area contributed by atoms with Crippen molar-refractivity contribution in [3.8, 4) is 0 Å². The van der Waals surface area contributed by atoms with Gasteiger partial charge in [-0.05, 0) is 19.4 Å². The van der Waals surface area contributed by atoms with Crippen LogP contribution in [0.2, 0.25) is 0 Å². The Morgan fingerprint density at radius 2 is 2.22 bits per heavy atom. The number of carbonyl (C=O) groups is 1. The molecule has 0 saturated heterocycles. The van der Waals surface area contributed by atoms with E-state index in [9.17, 15) is 13.2 Å². The lowest BCUT2D eigenvalue weighted by Crippen LogP contribution is -2.44. The minimum Gasteiger partial charge on any atom is -0.398 e. The van der Waals surface area contributed by atoms with Gasteiger partial charge in [-0.3, -0.25) is 4.79 Å². The van der Waals surface area contributed by atoms with E-state index in [0.717, 1.165) is 17.8 Å². The highest BCUT2D eigenvalue weighted by Gasteiger charge is 2.22. The van der Waals surface area contributed by atoms with Crippen molar-refractivity contribution >= 4 is 33.0 Å². The summed E-state index contributed by atoms with van der Waals surface area (Å²) in [6, 6.07) is 0.550. The highest BCUT2D eigenvalue weighted by atomic mass is 32.2. The molecular formula is C10H17N3O3S2. The molecule has 0 radical (unpaired) electrons. The predicted molar refractivity (Wildman–Crippen MR) is 71.8 cm³/mol. The van der Waals surface area contributed by atoms with Crippen LogP contribution in [0.15, 0.2) is 15.7 Å². The Morgan fingerprint density at radius 1 is 1.56 bits per heavy atom. The lowest BCUT2D eigenvalue weighted by molar-refractivity contribution is -0.122. The van der Waals surface area contributed by atoms with Crippen molar-refractivity contribution in [2.24, 2.45) is 0 Å². The fourth-order valence-electron chi connectivity index (χ4n) is 1.22. The maximum atomic E-state index is 11.9. The molecule has 0 aliphatic heterocycles. The van der Waals surface area contributed by atoms with E-state index in [2.05, 4.69) is 10.0 Å². The monoisotopic (exact) mass is 291 g/mol. The number of nitrogens with one attached hydrogen (secondary N) is 2. The smallest absolute Gasteiger partial charge is 0.250 e. The number of thiophene rings is 1. The van der Waals surface area contributed by atoms with Crippen LogP contribution >= 0.6 is 11.3 Å². The number of nitrogen functional groups attached to an aromatic ring is 1. The summed E-state index contributed by atoms with van der Waals surface area (Å²) in [4.78, 5) is 11.6. The molecule has 0 fully saturated rings. The Labute approximate surface area is 111 Å². The molecule has 0 saturated carbocycles. The lowest BCUT2D eigenvalue weighted by atomic mass is 10.3. The van der Waals surface area contributed by atoms with Gasteiger partial charge in [0.15, 0.2) is 0 Å². The third kappa shape index (κ3) is 3.97. The summed E-state index contributed by atoms with van der Waals surface area (Å²) in [5.74, 6) is -0.343. The molecule has 0 spiro atoms. The van der Waals surface area contributed by atoms with Crippen molar-refractivity contribution in [1.82, 2.24) is 10.0 Å². The Hall–Kier alpha value is -1.12. The van der Waals surface area contributed by atoms with Crippen molar-refractivity contribution < 1.29 is 13.2 Å². The minimum atomic E-state index is -3.68. The van der Waals surface area contributed by atoms with Gasteiger partial charge in [0.1, 0.15) is 4.21 Å². The molecule has 1 atom stereocenters. The molecule has 1 aromatic heterocycles. The van der Waals surface area contributed by atoms with Crippen LogP contribution < -0.4 is 15.8 Å². The minimum absolute atomic E-state index is 0.107. The SMILES string of the molecule is CCCNC(=O)C(C)NS(=O)(=O)c1cc(N)cs1. The number of anilines is 1. The van der Waals surface area contributed by atoms with Crippen molar-refractivity contribution in [2.75, 3.05) is 12.3 Å². The zero-order valence-electron chi connectivity index (χ0n) is 10.3. The molecule has 0 bridgehead atoms. The first-order chi connectivity index (χ1) is 8.36. The van der Waals surface area contributed by atoms with E-state index in [4.69, 9.17) is 5.73 Å². The first kappa shape index (κ1) is 14.9. The molecule has 1 rings (SSSR count). The highest BCUT2D eigenvalue weighted by Crippen LogP contribution is 2.21. The van der Waals surface area contributed by atoms with Gasteiger partial charge in [0.25, 0.3) is 10.0 Å². The highest BCUT2D eigenvalue weighted by molar-refractivity contribution is 7.91. The average Bonchev–Trinajstić information content (AvgIpc) is 2.72. The molecular weight excluding hydrogens is 274 g/mol. The molecule has 1 unspecified atom stereocenters. The molecule has 4 N–H and O–H groups in total. The van der Waals surface area contributed by atoms with Gasteiger partial charge in [0, 0.05) is 17.6 Å². The van der Waals surface area contributed by atoms with Gasteiger partial charge in [-0.15, -0.1) is 11.3 Å². The topological polar surface area (TPSA) is 101 Å². The van der Waals surface area contributed by atoms with Crippen molar-refractivity contribution in [3.63, 3.8) is 0 Å². The van der Waals surface area contributed by atoms with Crippen LogP contribution in [-0.2, 0) is 14.8 Å². The van der Waals surface area contributed by atoms with Gasteiger partial charge >= 0.3 is 0 Å². The van der Waals surface area contributed by atoms with Gasteiger partial charge in [-0.2, -0.15) is 4.72 Å². The first-order valence-electron chi connectivity index (χ1n) is 5.51. The van der Waals surface area contributed by atoms with E-state index in [0.29, 0.717) is 12.2 Å². The molecule has 0 aliphatic rings. The second kappa shape index (κ2) is 6.17. The van der Waals surface area contributed by atoms with E-state index >= 15 is 0 Å². The summed E-state index contributed by atoms with van der Waals surface area (Å²) in [7, 11) is -3.68. The summed E-state index contributed by atoms with van der Waals surface area (Å²) < 4.78 is 26.2. The van der Waals surface area contributed by atoms with Gasteiger partial charge in [-0.1, -0.05) is 6.92 Å². The van der Waals surface area contributed by atoms with Crippen molar-refractivity contribution in [3.05, 3.63) is 11.4 Å². The molecule has 1 heterocycles. The Balaban J connectivity index is 2.69. The second-order valence-corrected chi connectivity index (χ2v) is 6.69. The van der Waals surface area contributed by atoms with Crippen LogP contribution in [0.4, 0.5) is 5.69 Å². The molecule has 0 aliphatic carbocycles. The van der Waals surface area contributed by atoms with Crippen LogP contribution in [0.25, 0.3) is 0 Å². The van der Waals surface area contributed by atoms with Crippen LogP contribution in [0.3, 0.4) is 0 Å². The molecule has 0 aromatic carbocycles. The number of sulfonamides is 1. The van der Waals surface area contributed by atoms with Crippen LogP contribution in [-0.4, -0.2) is 26.9 Å². The molecule has 6 nitrogen and oxygen atoms in total. The maximum absolute atomic E-state index is 11.9. The largest absolute Gasteiger partial charge is 0.398 e. The van der Waals surface area contributed by atoms with Gasteiger partial charge in [-0.25, -0.2) is 8.42 Å². The summed E-state index contributed by atoms with van der Waals surface area (Å²) in [6.45, 7) is 3.94. The van der Waals surface area contributed by atoms with E-state index in [1.807, 2.05) is 6.92 Å². The summed E-state index contributed by atoms with van der Waals surface area (Å²) in [6.07, 6.45) is 0.798. The van der Waals surface area contributed by atoms with Crippen LogP contribution in [0, 0.1) is 0 Å². The second-order valence-electron chi connectivity index (χ2n) is 3.83. The van der Waals surface area contributed by atoms with Crippen LogP contribution in [0.1, 0.15) is 20.3 Å². The average molecular weight is 291 g/mol. The maximum Gasteiger partial charge on any atom is 0.250 e. The standard InChI is InChI=1S/C10H17N3O3S2/c1-3-4-12-10(14)7(2)13-18(15,16)9-5-8(11)6-17-9/h5-7,13H,3-4,11H2,1-2H3,(H,12,14). The molecule has 1 aromatic rings. The van der Waals surface area contributed by atoms with E-state index in [1.165, 1.54) is 18.4 Å². The number of hydrogen-bond donors (Lipinski definition) is 3. The molecule has 18 heavy (non-hydrogen) atoms. The van der Waals surface area contributed by atoms with E-state index < -0.39 is 16.1 Å². The number of nitrogens with two attached hydrogens (primary N) is 1. The van der Waals surface area contributed by atoms with Gasteiger partial charge in [0.2, 0.25) is 5.91 Å². The van der Waals surface area contributed by atoms with Crippen molar-refractivity contribution in [1.29, 1.82) is 0 Å². The Kier molecular flexibility index (Phi) is 5.12. The molecule has 8 heteroatoms. The van der Waals surface area contributed by atoms with Crippen molar-refractivity contribution in [2.45, 2.75) is 30.5 Å². The third-order valence-electron chi connectivity index (χ3n) is 2.13. The number of rotatable bonds is 6. The number of hydrogen-bond acceptors (Lipinski definition) is 5. The first-order valence-corrected chi connectivity index (χ1v) is 7.87. The van der Waals surface area contributed by atoms with Crippen LogP contribution in [0.5, 0.6) is 0 Å². The normalized spacial score (nSPS) is 13.2. The quantitative estimate of drug-likeness (QED) is 0.711. The fourth-order valence-corrected chi connectivity index (χ4v) is 3.52. The summed E-state index contributed by atoms with van der Waals surface area (Å²) >= 11 is 1.02. The zero-order chi connectivity index (χ0) is 13.8. The van der Waals surface area contributed by atoms with E-state index in [-0.39, 0.29) is 10.1 Å². The Morgan fingerprint density at radius 3 is 2.72 bits per heavy atom. The zero-order valence-corrected chi connectivity index (χ0v) is 11.9. The third-order valence-corrected chi connectivity index (χ3v) is 5.13. The predicted octanol–water partition coefficient (Wildman–Crippen LogP) is 0.523. The Bertz CT molecular complexity index is 510.